The van der Waals surface area contributed by atoms with Crippen LogP contribution in [0.5, 0.6) is 0 Å². The van der Waals surface area contributed by atoms with Gasteiger partial charge in [-0.05, 0) is 61.5 Å². The molecule has 2 heterocycles. The predicted molar refractivity (Wildman–Crippen MR) is 108 cm³/mol. The average Bonchev–Trinajstić information content (AvgIpc) is 3.29. The van der Waals surface area contributed by atoms with Gasteiger partial charge in [-0.1, -0.05) is 18.2 Å². The van der Waals surface area contributed by atoms with Crippen molar-refractivity contribution in [2.75, 3.05) is 5.01 Å². The number of benzene rings is 2. The normalized spacial score (nSPS) is 15.2. The third kappa shape index (κ3) is 3.12. The molecule has 0 saturated heterocycles. The van der Waals surface area contributed by atoms with Crippen LogP contribution in [0.25, 0.3) is 11.8 Å². The lowest BCUT2D eigenvalue weighted by molar-refractivity contribution is -0.114. The van der Waals surface area contributed by atoms with Gasteiger partial charge in [0, 0.05) is 17.6 Å². The second kappa shape index (κ2) is 7.00. The van der Waals surface area contributed by atoms with Gasteiger partial charge < -0.3 is 9.67 Å². The monoisotopic (exact) mass is 371 g/mol. The lowest BCUT2D eigenvalue weighted by atomic mass is 10.1. The zero-order valence-corrected chi connectivity index (χ0v) is 15.1. The van der Waals surface area contributed by atoms with Crippen molar-refractivity contribution in [3.05, 3.63) is 89.8 Å². The van der Waals surface area contributed by atoms with Gasteiger partial charge in [0.05, 0.1) is 22.5 Å². The van der Waals surface area contributed by atoms with Crippen LogP contribution in [0.15, 0.2) is 83.6 Å². The van der Waals surface area contributed by atoms with Crippen molar-refractivity contribution < 1.29 is 14.7 Å². The lowest BCUT2D eigenvalue weighted by Crippen LogP contribution is -2.21. The number of carboxylic acids is 1. The van der Waals surface area contributed by atoms with Crippen LogP contribution in [0.3, 0.4) is 0 Å². The highest BCUT2D eigenvalue weighted by atomic mass is 16.4. The Labute approximate surface area is 161 Å². The molecule has 0 fully saturated rings. The van der Waals surface area contributed by atoms with Crippen molar-refractivity contribution in [3.63, 3.8) is 0 Å². The van der Waals surface area contributed by atoms with Gasteiger partial charge >= 0.3 is 5.97 Å². The zero-order chi connectivity index (χ0) is 19.7. The van der Waals surface area contributed by atoms with Crippen LogP contribution in [-0.4, -0.2) is 27.3 Å². The number of amides is 1. The number of carbonyl (C=O) groups excluding carboxylic acids is 1. The van der Waals surface area contributed by atoms with E-state index in [1.54, 1.807) is 30.3 Å². The van der Waals surface area contributed by atoms with Crippen molar-refractivity contribution in [1.29, 1.82) is 0 Å². The molecule has 0 atom stereocenters. The number of para-hydroxylation sites is 1. The van der Waals surface area contributed by atoms with Gasteiger partial charge in [0.25, 0.3) is 5.91 Å². The fourth-order valence-electron chi connectivity index (χ4n) is 3.09. The summed E-state index contributed by atoms with van der Waals surface area (Å²) in [6, 6.07) is 19.6. The Bertz CT molecular complexity index is 1110. The Balaban J connectivity index is 1.67. The first kappa shape index (κ1) is 17.5. The molecule has 4 rings (SSSR count). The number of hydrogen-bond donors (Lipinski definition) is 1. The Morgan fingerprint density at radius 2 is 1.68 bits per heavy atom. The molecule has 0 aliphatic carbocycles. The number of carboxylic acid groups (broad SMARTS) is 1. The first-order valence-corrected chi connectivity index (χ1v) is 8.72. The molecule has 1 aliphatic heterocycles. The maximum atomic E-state index is 12.9. The zero-order valence-electron chi connectivity index (χ0n) is 15.1. The van der Waals surface area contributed by atoms with Crippen LogP contribution in [0.2, 0.25) is 0 Å². The third-order valence-electron chi connectivity index (χ3n) is 4.53. The molecule has 2 aromatic carbocycles. The summed E-state index contributed by atoms with van der Waals surface area (Å²) < 4.78 is 1.89. The summed E-state index contributed by atoms with van der Waals surface area (Å²) >= 11 is 0. The van der Waals surface area contributed by atoms with Crippen LogP contribution in [0, 0.1) is 0 Å². The summed E-state index contributed by atoms with van der Waals surface area (Å²) in [7, 11) is 0. The molecule has 1 aliphatic rings. The molecule has 138 valence electrons. The van der Waals surface area contributed by atoms with Crippen LogP contribution in [0.1, 0.15) is 23.0 Å². The summed E-state index contributed by atoms with van der Waals surface area (Å²) in [5.41, 5.74) is 3.71. The molecule has 0 radical (unpaired) electrons. The van der Waals surface area contributed by atoms with Gasteiger partial charge in [-0.2, -0.15) is 10.1 Å². The largest absolute Gasteiger partial charge is 0.478 e. The average molecular weight is 371 g/mol. The molecule has 1 N–H and O–H groups in total. The van der Waals surface area contributed by atoms with E-state index in [1.807, 2.05) is 60.2 Å². The van der Waals surface area contributed by atoms with Gasteiger partial charge in [0.2, 0.25) is 0 Å². The summed E-state index contributed by atoms with van der Waals surface area (Å²) in [4.78, 5) is 23.9. The molecule has 1 amide bonds. The summed E-state index contributed by atoms with van der Waals surface area (Å²) in [5.74, 6) is -1.15. The van der Waals surface area contributed by atoms with E-state index >= 15 is 0 Å². The Hall–Kier alpha value is -3.93. The predicted octanol–water partition coefficient (Wildman–Crippen LogP) is 3.98. The van der Waals surface area contributed by atoms with E-state index in [0.29, 0.717) is 11.3 Å². The van der Waals surface area contributed by atoms with Crippen molar-refractivity contribution >= 4 is 29.4 Å². The Morgan fingerprint density at radius 1 is 0.964 bits per heavy atom. The lowest BCUT2D eigenvalue weighted by Gasteiger charge is -2.11. The maximum absolute atomic E-state index is 12.9. The first-order valence-electron chi connectivity index (χ1n) is 8.72. The highest BCUT2D eigenvalue weighted by Gasteiger charge is 2.28. The second-order valence-corrected chi connectivity index (χ2v) is 6.35. The molecule has 0 unspecified atom stereocenters. The van der Waals surface area contributed by atoms with Gasteiger partial charge in [0.1, 0.15) is 0 Å². The van der Waals surface area contributed by atoms with Crippen LogP contribution in [-0.2, 0) is 4.79 Å². The molecule has 28 heavy (non-hydrogen) atoms. The van der Waals surface area contributed by atoms with Crippen LogP contribution in [0.4, 0.5) is 5.69 Å². The number of carbonyl (C=O) groups is 2. The topological polar surface area (TPSA) is 74.9 Å². The highest BCUT2D eigenvalue weighted by Crippen LogP contribution is 2.25. The molecule has 3 aromatic rings. The maximum Gasteiger partial charge on any atom is 0.335 e. The van der Waals surface area contributed by atoms with E-state index in [9.17, 15) is 9.59 Å². The number of aromatic carboxylic acids is 1. The second-order valence-electron chi connectivity index (χ2n) is 6.35. The minimum atomic E-state index is -0.967. The van der Waals surface area contributed by atoms with Crippen molar-refractivity contribution in [2.24, 2.45) is 5.10 Å². The quantitative estimate of drug-likeness (QED) is 0.705. The third-order valence-corrected chi connectivity index (χ3v) is 4.53. The van der Waals surface area contributed by atoms with Crippen molar-refractivity contribution in [2.45, 2.75) is 6.92 Å². The molecule has 6 nitrogen and oxygen atoms in total. The van der Waals surface area contributed by atoms with Crippen molar-refractivity contribution in [3.8, 4) is 5.69 Å². The first-order chi connectivity index (χ1) is 13.5. The number of hydrogen-bond acceptors (Lipinski definition) is 3. The van der Waals surface area contributed by atoms with Gasteiger partial charge in [-0.3, -0.25) is 4.79 Å². The number of rotatable bonds is 4. The Morgan fingerprint density at radius 3 is 2.36 bits per heavy atom. The SMILES string of the molecule is CC1=NN(c2ccccc2)C(=O)/C1=C\c1cccn1-c1ccc(C(=O)O)cc1. The molecule has 6 heteroatoms. The fraction of sp³-hybridized carbons (Fsp3) is 0.0455. The van der Waals surface area contributed by atoms with Gasteiger partial charge in [-0.15, -0.1) is 0 Å². The summed E-state index contributed by atoms with van der Waals surface area (Å²) in [6.45, 7) is 1.81. The van der Waals surface area contributed by atoms with Gasteiger partial charge in [0.15, 0.2) is 0 Å². The Kier molecular flexibility index (Phi) is 4.37. The van der Waals surface area contributed by atoms with E-state index in [1.165, 1.54) is 5.01 Å². The molecule has 0 bridgehead atoms. The van der Waals surface area contributed by atoms with E-state index in [2.05, 4.69) is 5.10 Å². The van der Waals surface area contributed by atoms with Crippen LogP contribution < -0.4 is 5.01 Å². The summed E-state index contributed by atoms with van der Waals surface area (Å²) in [6.07, 6.45) is 3.66. The van der Waals surface area contributed by atoms with Gasteiger partial charge in [-0.25, -0.2) is 4.79 Å². The molecule has 0 saturated carbocycles. The molecular formula is C22H17N3O3. The smallest absolute Gasteiger partial charge is 0.335 e. The van der Waals surface area contributed by atoms with Crippen molar-refractivity contribution in [1.82, 2.24) is 4.57 Å². The molecule has 0 spiro atoms. The number of anilines is 1. The molecule has 1 aromatic heterocycles. The highest BCUT2D eigenvalue weighted by molar-refractivity contribution is 6.32. The van der Waals surface area contributed by atoms with Crippen LogP contribution >= 0.6 is 0 Å². The fourth-order valence-corrected chi connectivity index (χ4v) is 3.09. The standard InChI is InChI=1S/C22H17N3O3/c1-15-20(21(26)25(23-15)18-6-3-2-4-7-18)14-19-8-5-13-24(19)17-11-9-16(10-12-17)22(27)28/h2-14H,1H3,(H,27,28)/b20-14-. The number of nitrogens with zero attached hydrogens (tertiary/aromatic N) is 3. The minimum absolute atomic E-state index is 0.183. The number of hydrazone groups is 1. The van der Waals surface area contributed by atoms with E-state index in [-0.39, 0.29) is 11.5 Å². The summed E-state index contributed by atoms with van der Waals surface area (Å²) in [5, 5.41) is 14.8. The van der Waals surface area contributed by atoms with E-state index < -0.39 is 5.97 Å². The van der Waals surface area contributed by atoms with E-state index in [4.69, 9.17) is 5.11 Å². The molecular weight excluding hydrogens is 354 g/mol. The van der Waals surface area contributed by atoms with E-state index in [0.717, 1.165) is 17.1 Å². The number of aromatic nitrogens is 1. The minimum Gasteiger partial charge on any atom is -0.478 e.